The second-order valence-electron chi connectivity index (χ2n) is 7.89. The van der Waals surface area contributed by atoms with Crippen molar-refractivity contribution in [2.75, 3.05) is 20.7 Å². The number of ether oxygens (including phenoxy) is 2. The van der Waals surface area contributed by atoms with Gasteiger partial charge in [0.05, 0.1) is 24.6 Å². The zero-order chi connectivity index (χ0) is 19.5. The molecule has 2 aliphatic rings. The van der Waals surface area contributed by atoms with Gasteiger partial charge in [0.25, 0.3) is 0 Å². The minimum absolute atomic E-state index is 0.0398. The number of likely N-dealkylation sites (N-methyl/N-ethyl adjacent to an activating group) is 1. The van der Waals surface area contributed by atoms with Gasteiger partial charge in [-0.05, 0) is 32.1 Å². The van der Waals surface area contributed by atoms with Gasteiger partial charge in [-0.15, -0.1) is 0 Å². The maximum atomic E-state index is 12.8. The van der Waals surface area contributed by atoms with Crippen LogP contribution >= 0.6 is 0 Å². The third-order valence-corrected chi connectivity index (χ3v) is 5.83. The summed E-state index contributed by atoms with van der Waals surface area (Å²) in [5.74, 6) is 1.24. The number of carbonyl (C=O) groups excluding carboxylic acids is 1. The number of amides is 1. The summed E-state index contributed by atoms with van der Waals surface area (Å²) in [6, 6.07) is 18.2. The van der Waals surface area contributed by atoms with Crippen LogP contribution in [0, 0.1) is 5.92 Å². The van der Waals surface area contributed by atoms with Crippen LogP contribution in [0.15, 0.2) is 54.6 Å². The van der Waals surface area contributed by atoms with Crippen molar-refractivity contribution in [1.29, 1.82) is 0 Å². The summed E-state index contributed by atoms with van der Waals surface area (Å²) in [5, 5.41) is 3.25. The first-order valence-electron chi connectivity index (χ1n) is 9.95. The number of nitrogens with one attached hydrogen (secondary N) is 1. The molecular weight excluding hydrogens is 352 g/mol. The molecule has 2 fully saturated rings. The molecule has 2 aromatic rings. The number of rotatable bonds is 7. The Morgan fingerprint density at radius 3 is 2.68 bits per heavy atom. The summed E-state index contributed by atoms with van der Waals surface area (Å²) in [4.78, 5) is 14.9. The Morgan fingerprint density at radius 1 is 1.14 bits per heavy atom. The summed E-state index contributed by atoms with van der Waals surface area (Å²) in [7, 11) is 4.10. The predicted molar refractivity (Wildman–Crippen MR) is 108 cm³/mol. The van der Waals surface area contributed by atoms with E-state index in [0.717, 1.165) is 29.9 Å². The third kappa shape index (κ3) is 3.91. The van der Waals surface area contributed by atoms with E-state index >= 15 is 0 Å². The van der Waals surface area contributed by atoms with Crippen LogP contribution < -0.4 is 10.1 Å². The van der Waals surface area contributed by atoms with Crippen LogP contribution in [0.5, 0.6) is 5.75 Å². The fourth-order valence-corrected chi connectivity index (χ4v) is 4.42. The maximum Gasteiger partial charge on any atom is 0.224 e. The lowest BCUT2D eigenvalue weighted by atomic mass is 9.71. The average Bonchev–Trinajstić information content (AvgIpc) is 3.09. The molecule has 1 saturated carbocycles. The van der Waals surface area contributed by atoms with Gasteiger partial charge in [-0.1, -0.05) is 48.5 Å². The lowest BCUT2D eigenvalue weighted by Gasteiger charge is -2.50. The molecule has 0 spiro atoms. The highest BCUT2D eigenvalue weighted by molar-refractivity contribution is 5.80. The van der Waals surface area contributed by atoms with Crippen LogP contribution in [0.2, 0.25) is 0 Å². The van der Waals surface area contributed by atoms with Crippen LogP contribution in [0.1, 0.15) is 17.5 Å². The van der Waals surface area contributed by atoms with Crippen molar-refractivity contribution in [3.63, 3.8) is 0 Å². The minimum Gasteiger partial charge on any atom is -0.489 e. The Morgan fingerprint density at radius 2 is 1.89 bits per heavy atom. The van der Waals surface area contributed by atoms with E-state index in [2.05, 4.69) is 24.3 Å². The first kappa shape index (κ1) is 19.0. The number of hydrogen-bond donors (Lipinski definition) is 1. The third-order valence-electron chi connectivity index (χ3n) is 5.83. The van der Waals surface area contributed by atoms with Gasteiger partial charge in [-0.3, -0.25) is 4.79 Å². The van der Waals surface area contributed by atoms with Crippen LogP contribution in [0.4, 0.5) is 0 Å². The molecule has 4 atom stereocenters. The Kier molecular flexibility index (Phi) is 5.64. The van der Waals surface area contributed by atoms with Crippen molar-refractivity contribution >= 4 is 5.91 Å². The van der Waals surface area contributed by atoms with Crippen LogP contribution in [0.25, 0.3) is 0 Å². The lowest BCUT2D eigenvalue weighted by molar-refractivity contribution is -0.127. The molecule has 1 heterocycles. The van der Waals surface area contributed by atoms with Crippen LogP contribution in [-0.4, -0.2) is 49.7 Å². The molecule has 0 radical (unpaired) electrons. The molecule has 0 unspecified atom stereocenters. The van der Waals surface area contributed by atoms with Crippen molar-refractivity contribution in [1.82, 2.24) is 10.2 Å². The van der Waals surface area contributed by atoms with Crippen molar-refractivity contribution in [2.24, 2.45) is 5.92 Å². The molecule has 2 aromatic carbocycles. The normalized spacial score (nSPS) is 25.8. The highest BCUT2D eigenvalue weighted by atomic mass is 16.5. The maximum absolute atomic E-state index is 12.8. The van der Waals surface area contributed by atoms with Crippen molar-refractivity contribution in [3.8, 4) is 5.75 Å². The van der Waals surface area contributed by atoms with E-state index in [-0.39, 0.29) is 24.1 Å². The van der Waals surface area contributed by atoms with Crippen molar-refractivity contribution in [3.05, 3.63) is 65.7 Å². The fraction of sp³-hybridized carbons (Fsp3) is 0.435. The van der Waals surface area contributed by atoms with E-state index in [0.29, 0.717) is 18.9 Å². The Hall–Kier alpha value is -2.37. The number of benzene rings is 2. The minimum atomic E-state index is 0.0398. The molecule has 0 bridgehead atoms. The molecule has 28 heavy (non-hydrogen) atoms. The molecular formula is C23H28N2O3. The summed E-state index contributed by atoms with van der Waals surface area (Å²) in [6.45, 7) is 1.29. The van der Waals surface area contributed by atoms with Gasteiger partial charge in [0.15, 0.2) is 0 Å². The van der Waals surface area contributed by atoms with E-state index in [1.807, 2.05) is 54.6 Å². The molecule has 148 valence electrons. The molecule has 1 aliphatic heterocycles. The monoisotopic (exact) mass is 380 g/mol. The summed E-state index contributed by atoms with van der Waals surface area (Å²) >= 11 is 0. The number of nitrogens with zero attached hydrogens (tertiary/aromatic N) is 1. The molecule has 1 saturated heterocycles. The lowest BCUT2D eigenvalue weighted by Crippen LogP contribution is -2.69. The molecule has 5 nitrogen and oxygen atoms in total. The van der Waals surface area contributed by atoms with E-state index < -0.39 is 0 Å². The average molecular weight is 380 g/mol. The standard InChI is InChI=1S/C23H28N2O3/c1-25(2)22-21(18-12-13-27-23(18)22)24-20(26)14-17-10-6-7-11-19(17)28-15-16-8-4-3-5-9-16/h3-11,18,21-23H,12-15H2,1-2H3,(H,24,26)/t18-,21+,22-,23-/m1/s1. The Bertz CT molecular complexity index is 809. The van der Waals surface area contributed by atoms with Crippen LogP contribution in [-0.2, 0) is 22.6 Å². The second kappa shape index (κ2) is 8.33. The Balaban J connectivity index is 1.38. The van der Waals surface area contributed by atoms with E-state index in [1.165, 1.54) is 0 Å². The van der Waals surface area contributed by atoms with Gasteiger partial charge in [-0.2, -0.15) is 0 Å². The highest BCUT2D eigenvalue weighted by Gasteiger charge is 2.55. The smallest absolute Gasteiger partial charge is 0.224 e. The predicted octanol–water partition coefficient (Wildman–Crippen LogP) is 2.64. The van der Waals surface area contributed by atoms with Gasteiger partial charge < -0.3 is 19.7 Å². The van der Waals surface area contributed by atoms with Gasteiger partial charge in [0.2, 0.25) is 5.91 Å². The van der Waals surface area contributed by atoms with Crippen molar-refractivity contribution in [2.45, 2.75) is 37.6 Å². The zero-order valence-corrected chi connectivity index (χ0v) is 16.5. The van der Waals surface area contributed by atoms with E-state index in [4.69, 9.17) is 9.47 Å². The van der Waals surface area contributed by atoms with Crippen molar-refractivity contribution < 1.29 is 14.3 Å². The molecule has 1 aliphatic carbocycles. The summed E-state index contributed by atoms with van der Waals surface area (Å²) in [6.07, 6.45) is 1.60. The first-order valence-corrected chi connectivity index (χ1v) is 9.95. The first-order chi connectivity index (χ1) is 13.6. The molecule has 1 N–H and O–H groups in total. The molecule has 0 aromatic heterocycles. The number of carbonyl (C=O) groups is 1. The van der Waals surface area contributed by atoms with Gasteiger partial charge >= 0.3 is 0 Å². The summed E-state index contributed by atoms with van der Waals surface area (Å²) < 4.78 is 11.8. The van der Waals surface area contributed by atoms with Gasteiger partial charge in [-0.25, -0.2) is 0 Å². The Labute approximate surface area is 166 Å². The van der Waals surface area contributed by atoms with Gasteiger partial charge in [0.1, 0.15) is 12.4 Å². The number of fused-ring (bicyclic) bond motifs is 1. The summed E-state index contributed by atoms with van der Waals surface area (Å²) in [5.41, 5.74) is 2.02. The van der Waals surface area contributed by atoms with E-state index in [1.54, 1.807) is 0 Å². The SMILES string of the molecule is CN(C)[C@@H]1[C@@H](NC(=O)Cc2ccccc2OCc2ccccc2)[C@H]2CCO[C@H]21. The number of hydrogen-bond acceptors (Lipinski definition) is 4. The zero-order valence-electron chi connectivity index (χ0n) is 16.5. The molecule has 4 rings (SSSR count). The largest absolute Gasteiger partial charge is 0.489 e. The fourth-order valence-electron chi connectivity index (χ4n) is 4.42. The highest BCUT2D eigenvalue weighted by Crippen LogP contribution is 2.41. The topological polar surface area (TPSA) is 50.8 Å². The second-order valence-corrected chi connectivity index (χ2v) is 7.89. The molecule has 1 amide bonds. The molecule has 5 heteroatoms. The van der Waals surface area contributed by atoms with Crippen LogP contribution in [0.3, 0.4) is 0 Å². The van der Waals surface area contributed by atoms with Gasteiger partial charge in [0, 0.05) is 18.1 Å². The number of para-hydroxylation sites is 1. The van der Waals surface area contributed by atoms with E-state index in [9.17, 15) is 4.79 Å². The quantitative estimate of drug-likeness (QED) is 0.802.